The maximum atomic E-state index is 6.14. The van der Waals surface area contributed by atoms with Crippen molar-refractivity contribution in [3.63, 3.8) is 0 Å². The van der Waals surface area contributed by atoms with Crippen LogP contribution in [0.15, 0.2) is 0 Å². The summed E-state index contributed by atoms with van der Waals surface area (Å²) in [4.78, 5) is 0. The van der Waals surface area contributed by atoms with E-state index in [1.165, 1.54) is 18.9 Å². The molecule has 0 amide bonds. The lowest BCUT2D eigenvalue weighted by Crippen LogP contribution is -2.52. The Hall–Kier alpha value is 0.394. The van der Waals surface area contributed by atoms with E-state index in [9.17, 15) is 0 Å². The first kappa shape index (κ1) is 9.48. The van der Waals surface area contributed by atoms with E-state index in [0.29, 0.717) is 6.10 Å². The van der Waals surface area contributed by atoms with Gasteiger partial charge in [-0.25, -0.2) is 0 Å². The third-order valence-corrected chi connectivity index (χ3v) is 16.3. The first-order chi connectivity index (χ1) is 5.04. The van der Waals surface area contributed by atoms with Crippen molar-refractivity contribution in [1.29, 1.82) is 0 Å². The molecule has 1 aliphatic heterocycles. The molecule has 66 valence electrons. The zero-order valence-corrected chi connectivity index (χ0v) is 10.3. The van der Waals surface area contributed by atoms with Gasteiger partial charge in [0, 0.05) is 6.10 Å². The van der Waals surface area contributed by atoms with Crippen molar-refractivity contribution in [1.82, 2.24) is 0 Å². The third kappa shape index (κ3) is 2.16. The molecule has 0 aromatic rings. The first-order valence-corrected chi connectivity index (χ1v) is 11.5. The molecule has 1 rings (SSSR count). The second-order valence-corrected chi connectivity index (χ2v) is 17.1. The smallest absolute Gasteiger partial charge is 0.173 e. The third-order valence-electron chi connectivity index (χ3n) is 2.98. The molecule has 0 radical (unpaired) electrons. The molecule has 0 N–H and O–H groups in total. The molecule has 1 heterocycles. The van der Waals surface area contributed by atoms with Crippen molar-refractivity contribution in [2.45, 2.75) is 51.6 Å². The summed E-state index contributed by atoms with van der Waals surface area (Å²) in [5.41, 5.74) is 0. The van der Waals surface area contributed by atoms with Crippen LogP contribution in [0.5, 0.6) is 0 Å². The van der Waals surface area contributed by atoms with Gasteiger partial charge >= 0.3 is 0 Å². The van der Waals surface area contributed by atoms with E-state index in [1.807, 2.05) is 0 Å². The highest BCUT2D eigenvalue weighted by Gasteiger charge is 2.37. The Bertz CT molecular complexity index is 138. The standard InChI is InChI=1S/C8H20OSi2/c1-8-6-5-7-11(4,9-8)10(2)3/h8,10H,5-7H2,1-4H3. The van der Waals surface area contributed by atoms with Crippen LogP contribution >= 0.6 is 0 Å². The van der Waals surface area contributed by atoms with Crippen LogP contribution in [0.25, 0.3) is 0 Å². The zero-order chi connectivity index (χ0) is 8.48. The quantitative estimate of drug-likeness (QED) is 0.574. The van der Waals surface area contributed by atoms with Crippen LogP contribution in [0.2, 0.25) is 25.7 Å². The predicted molar refractivity (Wildman–Crippen MR) is 55.1 cm³/mol. The van der Waals surface area contributed by atoms with E-state index < -0.39 is 16.1 Å². The Labute approximate surface area is 72.7 Å². The normalized spacial score (nSPS) is 39.5. The lowest BCUT2D eigenvalue weighted by molar-refractivity contribution is 0.185. The highest BCUT2D eigenvalue weighted by atomic mass is 29.2. The summed E-state index contributed by atoms with van der Waals surface area (Å²) in [6.07, 6.45) is 3.29. The maximum absolute atomic E-state index is 6.14. The highest BCUT2D eigenvalue weighted by Crippen LogP contribution is 2.27. The molecule has 11 heavy (non-hydrogen) atoms. The van der Waals surface area contributed by atoms with Crippen LogP contribution in [-0.2, 0) is 4.43 Å². The summed E-state index contributed by atoms with van der Waals surface area (Å²) in [6, 6.07) is 1.43. The summed E-state index contributed by atoms with van der Waals surface area (Å²) in [5.74, 6) is 0. The van der Waals surface area contributed by atoms with Crippen molar-refractivity contribution >= 4 is 16.1 Å². The SMILES string of the molecule is CC1CCC[Si](C)([SiH](C)C)O1. The number of hydrogen-bond donors (Lipinski definition) is 0. The molecule has 0 aromatic heterocycles. The van der Waals surface area contributed by atoms with Gasteiger partial charge in [-0.15, -0.1) is 0 Å². The van der Waals surface area contributed by atoms with E-state index in [2.05, 4.69) is 26.6 Å². The number of hydrogen-bond acceptors (Lipinski definition) is 1. The van der Waals surface area contributed by atoms with Crippen molar-refractivity contribution in [3.8, 4) is 0 Å². The molecule has 1 aliphatic rings. The Balaban J connectivity index is 2.55. The van der Waals surface area contributed by atoms with Gasteiger partial charge in [0.15, 0.2) is 7.83 Å². The Morgan fingerprint density at radius 2 is 2.09 bits per heavy atom. The van der Waals surface area contributed by atoms with Crippen LogP contribution in [0.3, 0.4) is 0 Å². The molecule has 1 fully saturated rings. The van der Waals surface area contributed by atoms with Gasteiger partial charge < -0.3 is 4.43 Å². The van der Waals surface area contributed by atoms with E-state index in [-0.39, 0.29) is 0 Å². The van der Waals surface area contributed by atoms with Gasteiger partial charge in [0.1, 0.15) is 0 Å². The van der Waals surface area contributed by atoms with Gasteiger partial charge in [-0.05, 0) is 25.9 Å². The Morgan fingerprint density at radius 3 is 2.45 bits per heavy atom. The summed E-state index contributed by atoms with van der Waals surface area (Å²) in [6.45, 7) is 9.58. The monoisotopic (exact) mass is 188 g/mol. The minimum Gasteiger partial charge on any atom is -0.418 e. The average Bonchev–Trinajstić information content (AvgIpc) is 1.86. The minimum absolute atomic E-state index is 0.489. The van der Waals surface area contributed by atoms with Gasteiger partial charge in [0.05, 0.1) is 8.31 Å². The molecule has 2 atom stereocenters. The van der Waals surface area contributed by atoms with Gasteiger partial charge in [0.25, 0.3) is 0 Å². The van der Waals surface area contributed by atoms with Gasteiger partial charge in [-0.2, -0.15) is 0 Å². The lowest BCUT2D eigenvalue weighted by atomic mass is 10.2. The highest BCUT2D eigenvalue weighted by molar-refractivity contribution is 7.29. The topological polar surface area (TPSA) is 9.23 Å². The summed E-state index contributed by atoms with van der Waals surface area (Å²) >= 11 is 0. The average molecular weight is 188 g/mol. The lowest BCUT2D eigenvalue weighted by Gasteiger charge is -2.38. The molecule has 0 aliphatic carbocycles. The maximum Gasteiger partial charge on any atom is 0.173 e. The van der Waals surface area contributed by atoms with Crippen molar-refractivity contribution in [3.05, 3.63) is 0 Å². The van der Waals surface area contributed by atoms with Crippen LogP contribution in [-0.4, -0.2) is 22.3 Å². The minimum atomic E-state index is -1.14. The zero-order valence-electron chi connectivity index (χ0n) is 8.18. The second-order valence-electron chi connectivity index (χ2n) is 4.29. The molecule has 0 bridgehead atoms. The van der Waals surface area contributed by atoms with E-state index >= 15 is 0 Å². The fraction of sp³-hybridized carbons (Fsp3) is 1.00. The van der Waals surface area contributed by atoms with Crippen molar-refractivity contribution in [2.75, 3.05) is 0 Å². The first-order valence-electron chi connectivity index (χ1n) is 4.72. The van der Waals surface area contributed by atoms with Crippen molar-refractivity contribution in [2.24, 2.45) is 0 Å². The predicted octanol–water partition coefficient (Wildman–Crippen LogP) is 2.33. The molecule has 0 spiro atoms. The second kappa shape index (κ2) is 3.41. The molecule has 0 aromatic carbocycles. The molecule has 1 saturated heterocycles. The summed E-state index contributed by atoms with van der Waals surface area (Å²) in [5, 5.41) is 0. The van der Waals surface area contributed by atoms with Crippen LogP contribution < -0.4 is 0 Å². The van der Waals surface area contributed by atoms with Crippen LogP contribution in [0, 0.1) is 0 Å². The van der Waals surface area contributed by atoms with Gasteiger partial charge in [-0.3, -0.25) is 0 Å². The van der Waals surface area contributed by atoms with Crippen LogP contribution in [0.4, 0.5) is 0 Å². The van der Waals surface area contributed by atoms with Crippen LogP contribution in [0.1, 0.15) is 19.8 Å². The Morgan fingerprint density at radius 1 is 1.45 bits per heavy atom. The van der Waals surface area contributed by atoms with E-state index in [1.54, 1.807) is 0 Å². The molecule has 3 heteroatoms. The van der Waals surface area contributed by atoms with Crippen molar-refractivity contribution < 1.29 is 4.43 Å². The summed E-state index contributed by atoms with van der Waals surface area (Å²) < 4.78 is 6.14. The number of rotatable bonds is 1. The summed E-state index contributed by atoms with van der Waals surface area (Å²) in [7, 11) is -1.63. The molecule has 2 unspecified atom stereocenters. The molecule has 1 nitrogen and oxygen atoms in total. The van der Waals surface area contributed by atoms with E-state index in [4.69, 9.17) is 4.43 Å². The fourth-order valence-electron chi connectivity index (χ4n) is 1.74. The largest absolute Gasteiger partial charge is 0.418 e. The molecular formula is C8H20OSi2. The molecule has 0 saturated carbocycles. The fourth-order valence-corrected chi connectivity index (χ4v) is 8.51. The Kier molecular flexibility index (Phi) is 2.94. The molecular weight excluding hydrogens is 168 g/mol. The van der Waals surface area contributed by atoms with Gasteiger partial charge in [-0.1, -0.05) is 19.5 Å². The van der Waals surface area contributed by atoms with Gasteiger partial charge in [0.2, 0.25) is 0 Å². The van der Waals surface area contributed by atoms with E-state index in [0.717, 1.165) is 0 Å².